The molecule has 0 unspecified atom stereocenters. The lowest BCUT2D eigenvalue weighted by atomic mass is 9.81. The van der Waals surface area contributed by atoms with Gasteiger partial charge in [0, 0.05) is 24.1 Å². The van der Waals surface area contributed by atoms with Crippen molar-refractivity contribution in [2.45, 2.75) is 32.6 Å². The first kappa shape index (κ1) is 15.9. The SMILES string of the molecule is C/C=C/C1=[N+](CCCS(=O)(=O)O)c2ccccc2C1(C)C. The van der Waals surface area contributed by atoms with E-state index in [1.54, 1.807) is 0 Å². The quantitative estimate of drug-likeness (QED) is 0.672. The highest BCUT2D eigenvalue weighted by Crippen LogP contribution is 2.39. The van der Waals surface area contributed by atoms with Crippen LogP contribution in [-0.4, -0.2) is 35.6 Å². The van der Waals surface area contributed by atoms with E-state index in [9.17, 15) is 8.42 Å². The highest BCUT2D eigenvalue weighted by molar-refractivity contribution is 7.85. The third kappa shape index (κ3) is 3.24. The van der Waals surface area contributed by atoms with Crippen molar-refractivity contribution in [1.82, 2.24) is 0 Å². The van der Waals surface area contributed by atoms with Gasteiger partial charge in [-0.3, -0.25) is 4.55 Å². The number of fused-ring (bicyclic) bond motifs is 1. The fraction of sp³-hybridized carbons (Fsp3) is 0.438. The van der Waals surface area contributed by atoms with Crippen molar-refractivity contribution in [2.75, 3.05) is 12.3 Å². The van der Waals surface area contributed by atoms with Crippen molar-refractivity contribution >= 4 is 21.5 Å². The highest BCUT2D eigenvalue weighted by Gasteiger charge is 2.43. The Morgan fingerprint density at radius 1 is 1.29 bits per heavy atom. The van der Waals surface area contributed by atoms with E-state index < -0.39 is 10.1 Å². The summed E-state index contributed by atoms with van der Waals surface area (Å²) in [6, 6.07) is 8.18. The van der Waals surface area contributed by atoms with Crippen LogP contribution >= 0.6 is 0 Å². The average Bonchev–Trinajstić information content (AvgIpc) is 2.60. The number of rotatable bonds is 5. The van der Waals surface area contributed by atoms with E-state index in [1.165, 1.54) is 5.56 Å². The number of hydrogen-bond donors (Lipinski definition) is 1. The van der Waals surface area contributed by atoms with Gasteiger partial charge in [-0.25, -0.2) is 0 Å². The third-order valence-corrected chi connectivity index (χ3v) is 4.71. The Balaban J connectivity index is 2.40. The zero-order chi connectivity index (χ0) is 15.7. The number of benzene rings is 1. The number of nitrogens with zero attached hydrogens (tertiary/aromatic N) is 1. The second-order valence-electron chi connectivity index (χ2n) is 5.82. The van der Waals surface area contributed by atoms with E-state index in [2.05, 4.69) is 36.6 Å². The smallest absolute Gasteiger partial charge is 0.265 e. The van der Waals surface area contributed by atoms with Gasteiger partial charge in [0.25, 0.3) is 10.1 Å². The summed E-state index contributed by atoms with van der Waals surface area (Å²) in [7, 11) is -3.91. The summed E-state index contributed by atoms with van der Waals surface area (Å²) in [5.74, 6) is -0.213. The summed E-state index contributed by atoms with van der Waals surface area (Å²) in [6.07, 6.45) is 4.47. The Bertz CT molecular complexity index is 700. The van der Waals surface area contributed by atoms with Crippen LogP contribution in [0.4, 0.5) is 5.69 Å². The Morgan fingerprint density at radius 2 is 1.95 bits per heavy atom. The zero-order valence-corrected chi connectivity index (χ0v) is 13.5. The van der Waals surface area contributed by atoms with E-state index in [4.69, 9.17) is 4.55 Å². The third-order valence-electron chi connectivity index (χ3n) is 3.91. The van der Waals surface area contributed by atoms with Crippen LogP contribution in [0.25, 0.3) is 0 Å². The van der Waals surface area contributed by atoms with Crippen molar-refractivity contribution in [3.63, 3.8) is 0 Å². The molecule has 1 aromatic rings. The monoisotopic (exact) mass is 308 g/mol. The minimum absolute atomic E-state index is 0.110. The molecule has 0 radical (unpaired) electrons. The predicted octanol–water partition coefficient (Wildman–Crippen LogP) is 2.92. The molecule has 0 fully saturated rings. The summed E-state index contributed by atoms with van der Waals surface area (Å²) in [5.41, 5.74) is 3.40. The van der Waals surface area contributed by atoms with Gasteiger partial charge in [0.15, 0.2) is 5.71 Å². The summed E-state index contributed by atoms with van der Waals surface area (Å²) in [6.45, 7) is 6.89. The average molecular weight is 308 g/mol. The number of para-hydroxylation sites is 1. The molecule has 114 valence electrons. The van der Waals surface area contributed by atoms with Crippen molar-refractivity contribution in [3.05, 3.63) is 42.0 Å². The summed E-state index contributed by atoms with van der Waals surface area (Å²) >= 11 is 0. The van der Waals surface area contributed by atoms with Gasteiger partial charge in [0.1, 0.15) is 6.54 Å². The van der Waals surface area contributed by atoms with Gasteiger partial charge in [0.05, 0.1) is 11.2 Å². The van der Waals surface area contributed by atoms with Gasteiger partial charge in [-0.1, -0.05) is 24.3 Å². The molecule has 1 aromatic carbocycles. The fourth-order valence-corrected chi connectivity index (χ4v) is 3.44. The lowest BCUT2D eigenvalue weighted by Gasteiger charge is -2.15. The van der Waals surface area contributed by atoms with Crippen LogP contribution in [0.2, 0.25) is 0 Å². The van der Waals surface area contributed by atoms with Gasteiger partial charge >= 0.3 is 0 Å². The first-order chi connectivity index (χ1) is 9.77. The molecule has 5 heteroatoms. The Morgan fingerprint density at radius 3 is 2.57 bits per heavy atom. The van der Waals surface area contributed by atoms with Crippen LogP contribution in [0, 0.1) is 0 Å². The summed E-state index contributed by atoms with van der Waals surface area (Å²) in [5, 5.41) is 0. The van der Waals surface area contributed by atoms with Gasteiger partial charge in [-0.05, 0) is 20.8 Å². The van der Waals surface area contributed by atoms with E-state index in [0.29, 0.717) is 13.0 Å². The van der Waals surface area contributed by atoms with E-state index in [-0.39, 0.29) is 11.2 Å². The van der Waals surface area contributed by atoms with Gasteiger partial charge in [-0.2, -0.15) is 13.0 Å². The van der Waals surface area contributed by atoms with Gasteiger partial charge in [-0.15, -0.1) is 0 Å². The molecule has 0 saturated heterocycles. The normalized spacial score (nSPS) is 17.5. The zero-order valence-electron chi connectivity index (χ0n) is 12.7. The number of hydrogen-bond acceptors (Lipinski definition) is 2. The van der Waals surface area contributed by atoms with Gasteiger partial charge < -0.3 is 0 Å². The van der Waals surface area contributed by atoms with Crippen LogP contribution in [0.1, 0.15) is 32.8 Å². The maximum Gasteiger partial charge on any atom is 0.265 e. The minimum Gasteiger partial charge on any atom is -0.286 e. The van der Waals surface area contributed by atoms with Crippen LogP contribution in [-0.2, 0) is 15.5 Å². The Labute approximate surface area is 126 Å². The van der Waals surface area contributed by atoms with E-state index >= 15 is 0 Å². The molecule has 1 aliphatic heterocycles. The summed E-state index contributed by atoms with van der Waals surface area (Å²) in [4.78, 5) is 0. The van der Waals surface area contributed by atoms with Crippen LogP contribution in [0.5, 0.6) is 0 Å². The van der Waals surface area contributed by atoms with E-state index in [1.807, 2.05) is 25.1 Å². The van der Waals surface area contributed by atoms with Crippen molar-refractivity contribution in [2.24, 2.45) is 0 Å². The molecule has 2 rings (SSSR count). The Hall–Kier alpha value is -1.46. The lowest BCUT2D eigenvalue weighted by Crippen LogP contribution is -2.28. The molecule has 0 aromatic heterocycles. The molecule has 21 heavy (non-hydrogen) atoms. The largest absolute Gasteiger partial charge is 0.286 e. The van der Waals surface area contributed by atoms with Crippen LogP contribution in [0.15, 0.2) is 36.4 Å². The molecule has 4 nitrogen and oxygen atoms in total. The molecule has 0 spiro atoms. The maximum absolute atomic E-state index is 10.9. The molecular weight excluding hydrogens is 286 g/mol. The van der Waals surface area contributed by atoms with Crippen LogP contribution in [0.3, 0.4) is 0 Å². The number of allylic oxidation sites excluding steroid dienone is 2. The van der Waals surface area contributed by atoms with Crippen LogP contribution < -0.4 is 0 Å². The van der Waals surface area contributed by atoms with Crippen molar-refractivity contribution in [3.8, 4) is 0 Å². The highest BCUT2D eigenvalue weighted by atomic mass is 32.2. The topological polar surface area (TPSA) is 57.4 Å². The molecule has 0 amide bonds. The predicted molar refractivity (Wildman–Crippen MR) is 85.1 cm³/mol. The first-order valence-electron chi connectivity index (χ1n) is 7.09. The molecule has 1 aliphatic rings. The second kappa shape index (κ2) is 5.73. The second-order valence-corrected chi connectivity index (χ2v) is 7.39. The fourth-order valence-electron chi connectivity index (χ4n) is 2.94. The molecular formula is C16H22NO3S+. The van der Waals surface area contributed by atoms with Gasteiger partial charge in [0.2, 0.25) is 5.69 Å². The molecule has 0 bridgehead atoms. The minimum atomic E-state index is -3.91. The molecule has 0 atom stereocenters. The maximum atomic E-state index is 10.9. The molecule has 0 saturated carbocycles. The van der Waals surface area contributed by atoms with Crippen molar-refractivity contribution < 1.29 is 17.5 Å². The molecule has 1 N–H and O–H groups in total. The standard InChI is InChI=1S/C16H21NO3S/c1-4-8-15-16(2,3)13-9-5-6-10-14(13)17(15)11-7-12-21(18,19)20/h4-6,8-10H,7,11-12H2,1-3H3/p+1/b8-4+. The summed E-state index contributed by atoms with van der Waals surface area (Å²) < 4.78 is 32.8. The van der Waals surface area contributed by atoms with E-state index in [0.717, 1.165) is 11.4 Å². The molecule has 1 heterocycles. The lowest BCUT2D eigenvalue weighted by molar-refractivity contribution is -0.437. The Kier molecular flexibility index (Phi) is 4.35. The molecule has 0 aliphatic carbocycles. The van der Waals surface area contributed by atoms with Crippen molar-refractivity contribution in [1.29, 1.82) is 0 Å². The first-order valence-corrected chi connectivity index (χ1v) is 8.70.